The highest BCUT2D eigenvalue weighted by molar-refractivity contribution is 6.30. The number of aromatic nitrogens is 1. The monoisotopic (exact) mass is 364 g/mol. The van der Waals surface area contributed by atoms with E-state index < -0.39 is 0 Å². The summed E-state index contributed by atoms with van der Waals surface area (Å²) in [7, 11) is 0. The Bertz CT molecular complexity index is 988. The Labute approximate surface area is 154 Å². The van der Waals surface area contributed by atoms with E-state index in [0.29, 0.717) is 27.6 Å². The molecule has 0 aliphatic carbocycles. The minimum atomic E-state index is -0.338. The number of hydrogen-bond acceptors (Lipinski definition) is 4. The normalized spacial score (nSPS) is 13.0. The Balaban J connectivity index is 1.58. The molecule has 0 radical (unpaired) electrons. The molecule has 5 nitrogen and oxygen atoms in total. The van der Waals surface area contributed by atoms with Gasteiger partial charge in [0.05, 0.1) is 17.7 Å². The summed E-state index contributed by atoms with van der Waals surface area (Å²) in [4.78, 5) is 30.5. The van der Waals surface area contributed by atoms with Crippen molar-refractivity contribution in [1.82, 2.24) is 9.88 Å². The topological polar surface area (TPSA) is 59.5 Å². The van der Waals surface area contributed by atoms with Crippen molar-refractivity contribution in [2.45, 2.75) is 6.54 Å². The van der Waals surface area contributed by atoms with Gasteiger partial charge in [0.1, 0.15) is 11.5 Å². The molecule has 6 heteroatoms. The Morgan fingerprint density at radius 2 is 1.65 bits per heavy atom. The molecule has 128 valence electrons. The number of benzene rings is 2. The maximum Gasteiger partial charge on any atom is 0.262 e. The van der Waals surface area contributed by atoms with E-state index in [1.807, 2.05) is 6.07 Å². The summed E-state index contributed by atoms with van der Waals surface area (Å²) in [6.07, 6.45) is 3.28. The fraction of sp³-hybridized carbons (Fsp3) is 0.0500. The van der Waals surface area contributed by atoms with E-state index in [0.717, 1.165) is 5.56 Å². The molecule has 1 aromatic heterocycles. The first kappa shape index (κ1) is 16.3. The summed E-state index contributed by atoms with van der Waals surface area (Å²) >= 11 is 5.86. The largest absolute Gasteiger partial charge is 0.457 e. The molecule has 1 aliphatic rings. The average Bonchev–Trinajstić information content (AvgIpc) is 2.89. The van der Waals surface area contributed by atoms with E-state index in [1.165, 1.54) is 4.90 Å². The minimum absolute atomic E-state index is 0.188. The van der Waals surface area contributed by atoms with Crippen molar-refractivity contribution in [3.8, 4) is 11.5 Å². The van der Waals surface area contributed by atoms with Crippen molar-refractivity contribution < 1.29 is 14.3 Å². The van der Waals surface area contributed by atoms with Gasteiger partial charge in [0.25, 0.3) is 11.8 Å². The van der Waals surface area contributed by atoms with Gasteiger partial charge in [-0.1, -0.05) is 17.7 Å². The first-order chi connectivity index (χ1) is 12.6. The highest BCUT2D eigenvalue weighted by Gasteiger charge is 2.35. The Morgan fingerprint density at radius 3 is 2.38 bits per heavy atom. The van der Waals surface area contributed by atoms with E-state index in [2.05, 4.69) is 4.98 Å². The average molecular weight is 365 g/mol. The molecule has 26 heavy (non-hydrogen) atoms. The first-order valence-corrected chi connectivity index (χ1v) is 8.32. The summed E-state index contributed by atoms with van der Waals surface area (Å²) in [5.41, 5.74) is 1.51. The molecule has 0 saturated heterocycles. The smallest absolute Gasteiger partial charge is 0.262 e. The lowest BCUT2D eigenvalue weighted by Gasteiger charge is -2.13. The van der Waals surface area contributed by atoms with Gasteiger partial charge in [-0.05, 0) is 54.1 Å². The minimum Gasteiger partial charge on any atom is -0.457 e. The molecule has 0 saturated carbocycles. The van der Waals surface area contributed by atoms with Gasteiger partial charge in [-0.15, -0.1) is 0 Å². The molecular formula is C20H13ClN2O3. The highest BCUT2D eigenvalue weighted by Crippen LogP contribution is 2.30. The molecule has 0 unspecified atom stereocenters. The van der Waals surface area contributed by atoms with Crippen LogP contribution in [0.25, 0.3) is 0 Å². The van der Waals surface area contributed by atoms with Crippen LogP contribution in [0.5, 0.6) is 11.5 Å². The number of hydrogen-bond donors (Lipinski definition) is 0. The molecule has 2 amide bonds. The van der Waals surface area contributed by atoms with E-state index in [-0.39, 0.29) is 18.4 Å². The molecule has 0 spiro atoms. The van der Waals surface area contributed by atoms with Crippen LogP contribution >= 0.6 is 11.6 Å². The van der Waals surface area contributed by atoms with E-state index in [4.69, 9.17) is 16.3 Å². The fourth-order valence-electron chi connectivity index (χ4n) is 2.79. The third-order valence-electron chi connectivity index (χ3n) is 4.05. The number of amides is 2. The molecule has 0 atom stereocenters. The Hall–Kier alpha value is -3.18. The van der Waals surface area contributed by atoms with Crippen LogP contribution in [0, 0.1) is 0 Å². The second-order valence-corrected chi connectivity index (χ2v) is 6.26. The number of pyridine rings is 1. The first-order valence-electron chi connectivity index (χ1n) is 7.94. The fourth-order valence-corrected chi connectivity index (χ4v) is 2.92. The predicted octanol–water partition coefficient (Wildman–Crippen LogP) is 4.32. The zero-order chi connectivity index (χ0) is 18.1. The summed E-state index contributed by atoms with van der Waals surface area (Å²) in [6, 6.07) is 15.4. The molecule has 3 aromatic rings. The van der Waals surface area contributed by atoms with Gasteiger partial charge in [0.15, 0.2) is 0 Å². The number of halogens is 1. The highest BCUT2D eigenvalue weighted by atomic mass is 35.5. The zero-order valence-electron chi connectivity index (χ0n) is 13.6. The van der Waals surface area contributed by atoms with E-state index in [9.17, 15) is 9.59 Å². The van der Waals surface area contributed by atoms with Gasteiger partial charge in [-0.25, -0.2) is 0 Å². The summed E-state index contributed by atoms with van der Waals surface area (Å²) < 4.78 is 5.75. The zero-order valence-corrected chi connectivity index (χ0v) is 14.3. The number of carbonyl (C=O) groups is 2. The van der Waals surface area contributed by atoms with Crippen LogP contribution in [0.15, 0.2) is 67.0 Å². The van der Waals surface area contributed by atoms with Crippen molar-refractivity contribution in [2.24, 2.45) is 0 Å². The van der Waals surface area contributed by atoms with Crippen LogP contribution in [0.3, 0.4) is 0 Å². The summed E-state index contributed by atoms with van der Waals surface area (Å²) in [5.74, 6) is 0.427. The molecule has 0 fully saturated rings. The van der Waals surface area contributed by atoms with Crippen molar-refractivity contribution in [3.05, 3.63) is 88.7 Å². The summed E-state index contributed by atoms with van der Waals surface area (Å²) in [6.45, 7) is 0.188. The van der Waals surface area contributed by atoms with Gasteiger partial charge in [0.2, 0.25) is 0 Å². The molecule has 1 aliphatic heterocycles. The van der Waals surface area contributed by atoms with Crippen LogP contribution in [0.4, 0.5) is 0 Å². The number of fused-ring (bicyclic) bond motifs is 1. The number of carbonyl (C=O) groups excluding carboxylic acids is 2. The van der Waals surface area contributed by atoms with Crippen molar-refractivity contribution >= 4 is 23.4 Å². The van der Waals surface area contributed by atoms with E-state index in [1.54, 1.807) is 60.9 Å². The lowest BCUT2D eigenvalue weighted by atomic mass is 10.1. The van der Waals surface area contributed by atoms with Crippen LogP contribution in [0.2, 0.25) is 5.02 Å². The van der Waals surface area contributed by atoms with Crippen molar-refractivity contribution in [1.29, 1.82) is 0 Å². The van der Waals surface area contributed by atoms with Crippen LogP contribution < -0.4 is 4.74 Å². The Morgan fingerprint density at radius 1 is 0.923 bits per heavy atom. The maximum atomic E-state index is 12.7. The van der Waals surface area contributed by atoms with Gasteiger partial charge >= 0.3 is 0 Å². The Kier molecular flexibility index (Phi) is 4.14. The number of imide groups is 1. The molecule has 2 heterocycles. The van der Waals surface area contributed by atoms with Crippen LogP contribution in [0.1, 0.15) is 26.3 Å². The third-order valence-corrected chi connectivity index (χ3v) is 4.31. The van der Waals surface area contributed by atoms with E-state index >= 15 is 0 Å². The second kappa shape index (κ2) is 6.61. The predicted molar refractivity (Wildman–Crippen MR) is 96.4 cm³/mol. The van der Waals surface area contributed by atoms with Crippen LogP contribution in [-0.2, 0) is 6.54 Å². The molecular weight excluding hydrogens is 352 g/mol. The molecule has 0 N–H and O–H groups in total. The maximum absolute atomic E-state index is 12.7. The quantitative estimate of drug-likeness (QED) is 0.647. The molecule has 4 rings (SSSR count). The SMILES string of the molecule is O=C1c2ccc(Oc3ccc(Cl)cc3)cc2C(=O)N1Cc1cccnc1. The standard InChI is InChI=1S/C20H13ClN2O3/c21-14-3-5-15(6-4-14)26-16-7-8-17-18(10-16)20(25)23(19(17)24)12-13-2-1-9-22-11-13/h1-11H,12H2. The van der Waals surface area contributed by atoms with Gasteiger partial charge < -0.3 is 4.74 Å². The van der Waals surface area contributed by atoms with Gasteiger partial charge in [0, 0.05) is 17.4 Å². The third kappa shape index (κ3) is 3.05. The number of nitrogens with zero attached hydrogens (tertiary/aromatic N) is 2. The number of ether oxygens (including phenoxy) is 1. The lowest BCUT2D eigenvalue weighted by Crippen LogP contribution is -2.29. The van der Waals surface area contributed by atoms with Gasteiger partial charge in [-0.3, -0.25) is 19.5 Å². The molecule has 0 bridgehead atoms. The summed E-state index contributed by atoms with van der Waals surface area (Å²) in [5, 5.41) is 0.609. The van der Waals surface area contributed by atoms with Crippen molar-refractivity contribution in [2.75, 3.05) is 0 Å². The van der Waals surface area contributed by atoms with Crippen LogP contribution in [-0.4, -0.2) is 21.7 Å². The lowest BCUT2D eigenvalue weighted by molar-refractivity contribution is 0.0642. The molecule has 2 aromatic carbocycles. The van der Waals surface area contributed by atoms with Crippen molar-refractivity contribution in [3.63, 3.8) is 0 Å². The number of rotatable bonds is 4. The van der Waals surface area contributed by atoms with Gasteiger partial charge in [-0.2, -0.15) is 0 Å². The second-order valence-electron chi connectivity index (χ2n) is 5.82.